The molecule has 4 heteroatoms. The summed E-state index contributed by atoms with van der Waals surface area (Å²) in [6.07, 6.45) is 0. The molecule has 106 valence electrons. The van der Waals surface area contributed by atoms with Gasteiger partial charge in [0.1, 0.15) is 0 Å². The van der Waals surface area contributed by atoms with Crippen molar-refractivity contribution < 1.29 is 14.3 Å². The SMILES string of the molecule is COc1ccc(C(C)(C)NC(=O)C(C)C)cc1OC. The van der Waals surface area contributed by atoms with Crippen LogP contribution in [0.1, 0.15) is 33.3 Å². The second kappa shape index (κ2) is 5.95. The number of methoxy groups -OCH3 is 2. The van der Waals surface area contributed by atoms with Crippen LogP contribution in [0.2, 0.25) is 0 Å². The lowest BCUT2D eigenvalue weighted by molar-refractivity contribution is -0.125. The van der Waals surface area contributed by atoms with Crippen LogP contribution in [0, 0.1) is 5.92 Å². The summed E-state index contributed by atoms with van der Waals surface area (Å²) in [7, 11) is 3.20. The van der Waals surface area contributed by atoms with Crippen LogP contribution in [0.4, 0.5) is 0 Å². The van der Waals surface area contributed by atoms with Gasteiger partial charge in [-0.05, 0) is 31.5 Å². The van der Waals surface area contributed by atoms with Crippen molar-refractivity contribution in [3.05, 3.63) is 23.8 Å². The summed E-state index contributed by atoms with van der Waals surface area (Å²) >= 11 is 0. The van der Waals surface area contributed by atoms with Crippen LogP contribution in [-0.2, 0) is 10.3 Å². The highest BCUT2D eigenvalue weighted by Crippen LogP contribution is 2.32. The number of ether oxygens (including phenoxy) is 2. The van der Waals surface area contributed by atoms with Crippen LogP contribution >= 0.6 is 0 Å². The van der Waals surface area contributed by atoms with Crippen LogP contribution in [0.15, 0.2) is 18.2 Å². The molecule has 1 aromatic carbocycles. The first-order valence-electron chi connectivity index (χ1n) is 6.36. The second-order valence-corrected chi connectivity index (χ2v) is 5.34. The summed E-state index contributed by atoms with van der Waals surface area (Å²) < 4.78 is 10.5. The molecule has 0 aromatic heterocycles. The number of carbonyl (C=O) groups is 1. The van der Waals surface area contributed by atoms with Crippen molar-refractivity contribution in [2.24, 2.45) is 5.92 Å². The van der Waals surface area contributed by atoms with Gasteiger partial charge in [0, 0.05) is 5.92 Å². The molecular weight excluding hydrogens is 242 g/mol. The van der Waals surface area contributed by atoms with E-state index in [1.807, 2.05) is 45.9 Å². The molecule has 0 radical (unpaired) electrons. The van der Waals surface area contributed by atoms with Gasteiger partial charge >= 0.3 is 0 Å². The van der Waals surface area contributed by atoms with Gasteiger partial charge in [-0.15, -0.1) is 0 Å². The maximum atomic E-state index is 11.8. The van der Waals surface area contributed by atoms with Gasteiger partial charge in [0.2, 0.25) is 5.91 Å². The lowest BCUT2D eigenvalue weighted by atomic mass is 9.93. The highest BCUT2D eigenvalue weighted by molar-refractivity contribution is 5.78. The Hall–Kier alpha value is -1.71. The molecule has 1 aromatic rings. The first kappa shape index (κ1) is 15.3. The van der Waals surface area contributed by atoms with E-state index in [0.717, 1.165) is 5.56 Å². The standard InChI is InChI=1S/C15H23NO3/c1-10(2)14(17)16-15(3,4)11-7-8-12(18-5)13(9-11)19-6/h7-10H,1-6H3,(H,16,17). The van der Waals surface area contributed by atoms with Gasteiger partial charge in [-0.1, -0.05) is 19.9 Å². The van der Waals surface area contributed by atoms with Gasteiger partial charge in [0.05, 0.1) is 19.8 Å². The summed E-state index contributed by atoms with van der Waals surface area (Å²) in [4.78, 5) is 11.8. The van der Waals surface area contributed by atoms with E-state index in [4.69, 9.17) is 9.47 Å². The van der Waals surface area contributed by atoms with Crippen molar-refractivity contribution in [3.8, 4) is 11.5 Å². The Morgan fingerprint density at radius 3 is 2.21 bits per heavy atom. The Bertz CT molecular complexity index is 453. The molecule has 0 fully saturated rings. The maximum Gasteiger partial charge on any atom is 0.223 e. The smallest absolute Gasteiger partial charge is 0.223 e. The topological polar surface area (TPSA) is 47.6 Å². The molecule has 0 spiro atoms. The van der Waals surface area contributed by atoms with Gasteiger partial charge < -0.3 is 14.8 Å². The molecule has 0 saturated carbocycles. The van der Waals surface area contributed by atoms with Crippen LogP contribution in [0.25, 0.3) is 0 Å². The largest absolute Gasteiger partial charge is 0.493 e. The molecule has 1 amide bonds. The van der Waals surface area contributed by atoms with Crippen LogP contribution in [-0.4, -0.2) is 20.1 Å². The molecule has 0 bridgehead atoms. The van der Waals surface area contributed by atoms with Crippen molar-refractivity contribution in [1.82, 2.24) is 5.32 Å². The van der Waals surface area contributed by atoms with E-state index in [1.54, 1.807) is 14.2 Å². The molecule has 0 heterocycles. The highest BCUT2D eigenvalue weighted by Gasteiger charge is 2.25. The first-order valence-corrected chi connectivity index (χ1v) is 6.36. The molecule has 0 aliphatic heterocycles. The molecule has 0 aliphatic rings. The van der Waals surface area contributed by atoms with E-state index in [0.29, 0.717) is 11.5 Å². The fraction of sp³-hybridized carbons (Fsp3) is 0.533. The zero-order valence-corrected chi connectivity index (χ0v) is 12.5. The zero-order chi connectivity index (χ0) is 14.6. The van der Waals surface area contributed by atoms with Crippen LogP contribution < -0.4 is 14.8 Å². The molecular formula is C15H23NO3. The molecule has 0 atom stereocenters. The van der Waals surface area contributed by atoms with Gasteiger partial charge in [-0.25, -0.2) is 0 Å². The van der Waals surface area contributed by atoms with Gasteiger partial charge in [-0.3, -0.25) is 4.79 Å². The fourth-order valence-corrected chi connectivity index (χ4v) is 1.75. The molecule has 1 N–H and O–H groups in total. The Labute approximate surface area is 115 Å². The van der Waals surface area contributed by atoms with E-state index < -0.39 is 5.54 Å². The average Bonchev–Trinajstić information content (AvgIpc) is 2.37. The van der Waals surface area contributed by atoms with Crippen molar-refractivity contribution in [2.45, 2.75) is 33.2 Å². The number of hydrogen-bond donors (Lipinski definition) is 1. The molecule has 19 heavy (non-hydrogen) atoms. The summed E-state index contributed by atoms with van der Waals surface area (Å²) in [5, 5.41) is 3.03. The third kappa shape index (κ3) is 3.63. The van der Waals surface area contributed by atoms with Crippen molar-refractivity contribution >= 4 is 5.91 Å². The molecule has 4 nitrogen and oxygen atoms in total. The summed E-state index contributed by atoms with van der Waals surface area (Å²) in [5.74, 6) is 1.32. The minimum absolute atomic E-state index is 0.0276. The van der Waals surface area contributed by atoms with Crippen molar-refractivity contribution in [2.75, 3.05) is 14.2 Å². The zero-order valence-electron chi connectivity index (χ0n) is 12.5. The van der Waals surface area contributed by atoms with E-state index in [1.165, 1.54) is 0 Å². The molecule has 0 saturated heterocycles. The predicted octanol–water partition coefficient (Wildman–Crippen LogP) is 2.71. The van der Waals surface area contributed by atoms with E-state index in [9.17, 15) is 4.79 Å². The first-order chi connectivity index (χ1) is 8.81. The van der Waals surface area contributed by atoms with Gasteiger partial charge in [-0.2, -0.15) is 0 Å². The Morgan fingerprint density at radius 1 is 1.16 bits per heavy atom. The summed E-state index contributed by atoms with van der Waals surface area (Å²) in [6, 6.07) is 5.67. The lowest BCUT2D eigenvalue weighted by Crippen LogP contribution is -2.42. The third-order valence-electron chi connectivity index (χ3n) is 3.07. The Morgan fingerprint density at radius 2 is 1.74 bits per heavy atom. The summed E-state index contributed by atoms with van der Waals surface area (Å²) in [5.41, 5.74) is 0.514. The summed E-state index contributed by atoms with van der Waals surface area (Å²) in [6.45, 7) is 7.68. The van der Waals surface area contributed by atoms with Crippen molar-refractivity contribution in [3.63, 3.8) is 0 Å². The van der Waals surface area contributed by atoms with E-state index in [-0.39, 0.29) is 11.8 Å². The number of nitrogens with one attached hydrogen (secondary N) is 1. The minimum atomic E-state index is -0.457. The van der Waals surface area contributed by atoms with Gasteiger partial charge in [0.25, 0.3) is 0 Å². The second-order valence-electron chi connectivity index (χ2n) is 5.34. The van der Waals surface area contributed by atoms with Gasteiger partial charge in [0.15, 0.2) is 11.5 Å². The Kier molecular flexibility index (Phi) is 4.81. The number of carbonyl (C=O) groups excluding carboxylic acids is 1. The predicted molar refractivity (Wildman–Crippen MR) is 75.6 cm³/mol. The van der Waals surface area contributed by atoms with E-state index >= 15 is 0 Å². The molecule has 1 rings (SSSR count). The van der Waals surface area contributed by atoms with Crippen LogP contribution in [0.3, 0.4) is 0 Å². The normalized spacial score (nSPS) is 11.3. The maximum absolute atomic E-state index is 11.8. The average molecular weight is 265 g/mol. The minimum Gasteiger partial charge on any atom is -0.493 e. The lowest BCUT2D eigenvalue weighted by Gasteiger charge is -2.28. The van der Waals surface area contributed by atoms with E-state index in [2.05, 4.69) is 5.32 Å². The monoisotopic (exact) mass is 265 g/mol. The number of benzene rings is 1. The number of hydrogen-bond acceptors (Lipinski definition) is 3. The quantitative estimate of drug-likeness (QED) is 0.890. The number of amides is 1. The fourth-order valence-electron chi connectivity index (χ4n) is 1.75. The number of rotatable bonds is 5. The highest BCUT2D eigenvalue weighted by atomic mass is 16.5. The van der Waals surface area contributed by atoms with Crippen LogP contribution in [0.5, 0.6) is 11.5 Å². The van der Waals surface area contributed by atoms with Crippen molar-refractivity contribution in [1.29, 1.82) is 0 Å². The molecule has 0 aliphatic carbocycles. The Balaban J connectivity index is 3.04. The third-order valence-corrected chi connectivity index (χ3v) is 3.07. The molecule has 0 unspecified atom stereocenters.